The monoisotopic (exact) mass is 321 g/mol. The molecule has 1 amide bonds. The SMILES string of the molecule is Cc1ccc(NC(=O)[C@@]23CC[C@@](C)(C(=O)O2)C3(C)C)cc1Cl. The Balaban J connectivity index is 1.92. The maximum absolute atomic E-state index is 12.9. The summed E-state index contributed by atoms with van der Waals surface area (Å²) >= 11 is 6.10. The molecule has 3 rings (SSSR count). The molecule has 0 radical (unpaired) electrons. The average Bonchev–Trinajstić information content (AvgIpc) is 2.73. The number of carbonyl (C=O) groups is 2. The van der Waals surface area contributed by atoms with E-state index >= 15 is 0 Å². The number of anilines is 1. The van der Waals surface area contributed by atoms with Crippen LogP contribution in [-0.4, -0.2) is 17.5 Å². The maximum Gasteiger partial charge on any atom is 0.313 e. The molecule has 1 saturated carbocycles. The molecule has 0 aromatic heterocycles. The fraction of sp³-hybridized carbons (Fsp3) is 0.529. The van der Waals surface area contributed by atoms with Gasteiger partial charge in [0, 0.05) is 16.1 Å². The molecule has 118 valence electrons. The van der Waals surface area contributed by atoms with Gasteiger partial charge < -0.3 is 10.1 Å². The molecule has 2 atom stereocenters. The molecule has 1 saturated heterocycles. The zero-order valence-corrected chi connectivity index (χ0v) is 14.0. The molecule has 2 aliphatic rings. The summed E-state index contributed by atoms with van der Waals surface area (Å²) in [7, 11) is 0. The number of ether oxygens (including phenoxy) is 1. The molecule has 0 spiro atoms. The second-order valence-corrected chi connectivity index (χ2v) is 7.50. The summed E-state index contributed by atoms with van der Waals surface area (Å²) in [5, 5.41) is 3.46. The van der Waals surface area contributed by atoms with Gasteiger partial charge >= 0.3 is 5.97 Å². The van der Waals surface area contributed by atoms with E-state index in [2.05, 4.69) is 5.32 Å². The van der Waals surface area contributed by atoms with Crippen LogP contribution in [0, 0.1) is 17.8 Å². The first kappa shape index (κ1) is 15.3. The summed E-state index contributed by atoms with van der Waals surface area (Å²) in [5.41, 5.74) is -0.692. The molecule has 4 nitrogen and oxygen atoms in total. The summed E-state index contributed by atoms with van der Waals surface area (Å²) in [4.78, 5) is 25.1. The van der Waals surface area contributed by atoms with E-state index in [0.717, 1.165) is 5.56 Å². The number of rotatable bonds is 2. The lowest BCUT2D eigenvalue weighted by Gasteiger charge is -2.35. The number of fused-ring (bicyclic) bond motifs is 2. The Hall–Kier alpha value is -1.55. The van der Waals surface area contributed by atoms with Crippen LogP contribution in [0.15, 0.2) is 18.2 Å². The lowest BCUT2D eigenvalue weighted by Crippen LogP contribution is -2.50. The van der Waals surface area contributed by atoms with Crippen LogP contribution in [0.1, 0.15) is 39.2 Å². The number of carbonyl (C=O) groups excluding carboxylic acids is 2. The highest BCUT2D eigenvalue weighted by Crippen LogP contribution is 2.65. The van der Waals surface area contributed by atoms with Gasteiger partial charge in [0.25, 0.3) is 5.91 Å². The molecule has 22 heavy (non-hydrogen) atoms. The third-order valence-electron chi connectivity index (χ3n) is 5.88. The molecule has 2 fully saturated rings. The van der Waals surface area contributed by atoms with Crippen molar-refractivity contribution in [1.29, 1.82) is 0 Å². The van der Waals surface area contributed by atoms with Crippen LogP contribution in [0.25, 0.3) is 0 Å². The van der Waals surface area contributed by atoms with Crippen molar-refractivity contribution >= 4 is 29.2 Å². The Morgan fingerprint density at radius 2 is 1.95 bits per heavy atom. The van der Waals surface area contributed by atoms with Crippen LogP contribution >= 0.6 is 11.6 Å². The number of aryl methyl sites for hydroxylation is 1. The second kappa shape index (κ2) is 4.48. The number of esters is 1. The lowest BCUT2D eigenvalue weighted by molar-refractivity contribution is -0.165. The predicted molar refractivity (Wildman–Crippen MR) is 84.8 cm³/mol. The molecule has 2 bridgehead atoms. The Labute approximate surface area is 135 Å². The minimum absolute atomic E-state index is 0.271. The van der Waals surface area contributed by atoms with Gasteiger partial charge in [0.05, 0.1) is 5.41 Å². The summed E-state index contributed by atoms with van der Waals surface area (Å²) in [5.74, 6) is -0.548. The van der Waals surface area contributed by atoms with E-state index in [1.807, 2.05) is 33.8 Å². The van der Waals surface area contributed by atoms with Gasteiger partial charge in [-0.25, -0.2) is 0 Å². The van der Waals surface area contributed by atoms with Crippen LogP contribution in [0.3, 0.4) is 0 Å². The van der Waals surface area contributed by atoms with Crippen molar-refractivity contribution in [2.45, 2.75) is 46.1 Å². The first-order valence-corrected chi connectivity index (χ1v) is 7.83. The number of benzene rings is 1. The molecule has 1 N–H and O–H groups in total. The first-order chi connectivity index (χ1) is 10.1. The molecule has 1 heterocycles. The van der Waals surface area contributed by atoms with Crippen molar-refractivity contribution in [2.75, 3.05) is 5.32 Å². The Bertz CT molecular complexity index is 684. The van der Waals surface area contributed by atoms with Crippen molar-refractivity contribution in [1.82, 2.24) is 0 Å². The van der Waals surface area contributed by atoms with Gasteiger partial charge in [-0.05, 0) is 44.4 Å². The van der Waals surface area contributed by atoms with E-state index in [0.29, 0.717) is 23.6 Å². The second-order valence-electron chi connectivity index (χ2n) is 7.09. The highest BCUT2D eigenvalue weighted by Gasteiger charge is 2.75. The van der Waals surface area contributed by atoms with E-state index in [-0.39, 0.29) is 11.9 Å². The minimum atomic E-state index is -1.10. The van der Waals surface area contributed by atoms with Crippen molar-refractivity contribution in [3.63, 3.8) is 0 Å². The predicted octanol–water partition coefficient (Wildman–Crippen LogP) is 3.71. The van der Waals surface area contributed by atoms with Crippen molar-refractivity contribution in [3.05, 3.63) is 28.8 Å². The molecule has 1 aromatic rings. The highest BCUT2D eigenvalue weighted by atomic mass is 35.5. The van der Waals surface area contributed by atoms with Gasteiger partial charge in [0.2, 0.25) is 0 Å². The third kappa shape index (κ3) is 1.70. The first-order valence-electron chi connectivity index (χ1n) is 7.45. The quantitative estimate of drug-likeness (QED) is 0.845. The van der Waals surface area contributed by atoms with E-state index in [9.17, 15) is 9.59 Å². The maximum atomic E-state index is 12.9. The van der Waals surface area contributed by atoms with Gasteiger partial charge in [-0.15, -0.1) is 0 Å². The largest absolute Gasteiger partial charge is 0.448 e. The van der Waals surface area contributed by atoms with E-state index in [1.54, 1.807) is 12.1 Å². The topological polar surface area (TPSA) is 55.4 Å². The molecule has 0 unspecified atom stereocenters. The van der Waals surface area contributed by atoms with Gasteiger partial charge in [0.15, 0.2) is 5.60 Å². The summed E-state index contributed by atoms with van der Waals surface area (Å²) < 4.78 is 5.57. The molecule has 1 aromatic carbocycles. The van der Waals surface area contributed by atoms with Crippen LogP contribution in [0.5, 0.6) is 0 Å². The van der Waals surface area contributed by atoms with Crippen LogP contribution in [-0.2, 0) is 14.3 Å². The van der Waals surface area contributed by atoms with Crippen LogP contribution in [0.4, 0.5) is 5.69 Å². The molecular formula is C17H20ClNO3. The number of halogens is 1. The van der Waals surface area contributed by atoms with E-state index in [4.69, 9.17) is 16.3 Å². The molecule has 5 heteroatoms. The number of hydrogen-bond donors (Lipinski definition) is 1. The average molecular weight is 322 g/mol. The minimum Gasteiger partial charge on any atom is -0.448 e. The summed E-state index contributed by atoms with van der Waals surface area (Å²) in [6.45, 7) is 7.66. The normalized spacial score (nSPS) is 32.0. The van der Waals surface area contributed by atoms with Crippen LogP contribution in [0.2, 0.25) is 5.02 Å². The van der Waals surface area contributed by atoms with Crippen molar-refractivity contribution < 1.29 is 14.3 Å². The van der Waals surface area contributed by atoms with E-state index in [1.165, 1.54) is 0 Å². The van der Waals surface area contributed by atoms with Gasteiger partial charge in [-0.1, -0.05) is 31.5 Å². The Morgan fingerprint density at radius 3 is 2.45 bits per heavy atom. The van der Waals surface area contributed by atoms with Crippen molar-refractivity contribution in [3.8, 4) is 0 Å². The smallest absolute Gasteiger partial charge is 0.313 e. The van der Waals surface area contributed by atoms with Crippen molar-refractivity contribution in [2.24, 2.45) is 10.8 Å². The Kier molecular flexibility index (Phi) is 3.12. The zero-order chi connectivity index (χ0) is 16.3. The third-order valence-corrected chi connectivity index (χ3v) is 6.29. The molecular weight excluding hydrogens is 302 g/mol. The van der Waals surface area contributed by atoms with Gasteiger partial charge in [-0.3, -0.25) is 9.59 Å². The summed E-state index contributed by atoms with van der Waals surface area (Å²) in [6.07, 6.45) is 1.22. The fourth-order valence-electron chi connectivity index (χ4n) is 3.65. The highest BCUT2D eigenvalue weighted by molar-refractivity contribution is 6.31. The number of nitrogens with one attached hydrogen (secondary N) is 1. The van der Waals surface area contributed by atoms with Crippen LogP contribution < -0.4 is 5.32 Å². The Morgan fingerprint density at radius 1 is 1.27 bits per heavy atom. The number of hydrogen-bond acceptors (Lipinski definition) is 3. The summed E-state index contributed by atoms with van der Waals surface area (Å²) in [6, 6.07) is 5.36. The standard InChI is InChI=1S/C17H20ClNO3/c1-10-5-6-11(9-12(10)18)19-13(20)17-8-7-16(4,14(21)22-17)15(17,2)3/h5-6,9H,7-8H2,1-4H3,(H,19,20)/t16-,17+/m0/s1. The van der Waals surface area contributed by atoms with Gasteiger partial charge in [-0.2, -0.15) is 0 Å². The lowest BCUT2D eigenvalue weighted by atomic mass is 9.66. The zero-order valence-electron chi connectivity index (χ0n) is 13.2. The fourth-order valence-corrected chi connectivity index (χ4v) is 3.83. The van der Waals surface area contributed by atoms with Gasteiger partial charge in [0.1, 0.15) is 0 Å². The number of amides is 1. The van der Waals surface area contributed by atoms with E-state index < -0.39 is 16.4 Å². The molecule has 1 aliphatic carbocycles. The molecule has 1 aliphatic heterocycles.